The molecule has 1 aliphatic rings. The van der Waals surface area contributed by atoms with Gasteiger partial charge in [-0.15, -0.1) is 0 Å². The summed E-state index contributed by atoms with van der Waals surface area (Å²) in [5.74, 6) is 0.711. The van der Waals surface area contributed by atoms with Gasteiger partial charge < -0.3 is 10.2 Å². The molecule has 78 valence electrons. The molecule has 0 amide bonds. The predicted molar refractivity (Wildman–Crippen MR) is 56.4 cm³/mol. The Labute approximate surface area is 88.8 Å². The summed E-state index contributed by atoms with van der Waals surface area (Å²) >= 11 is 0. The molecule has 1 aromatic rings. The van der Waals surface area contributed by atoms with Crippen LogP contribution in [0, 0.1) is 11.3 Å². The van der Waals surface area contributed by atoms with Gasteiger partial charge in [0, 0.05) is 25.7 Å². The van der Waals surface area contributed by atoms with E-state index in [0.29, 0.717) is 17.6 Å². The molecule has 0 bridgehead atoms. The maximum absolute atomic E-state index is 8.63. The van der Waals surface area contributed by atoms with Gasteiger partial charge in [0.1, 0.15) is 6.07 Å². The molecule has 1 saturated heterocycles. The van der Waals surface area contributed by atoms with Gasteiger partial charge in [-0.1, -0.05) is 0 Å². The molecule has 0 radical (unpaired) electrons. The summed E-state index contributed by atoms with van der Waals surface area (Å²) in [5, 5.41) is 12.0. The van der Waals surface area contributed by atoms with Gasteiger partial charge >= 0.3 is 0 Å². The van der Waals surface area contributed by atoms with E-state index in [4.69, 9.17) is 5.26 Å². The smallest absolute Gasteiger partial charge is 0.225 e. The van der Waals surface area contributed by atoms with Crippen LogP contribution in [0.3, 0.4) is 0 Å². The lowest BCUT2D eigenvalue weighted by Gasteiger charge is -2.31. The first-order chi connectivity index (χ1) is 7.29. The van der Waals surface area contributed by atoms with Gasteiger partial charge in [0.2, 0.25) is 5.95 Å². The summed E-state index contributed by atoms with van der Waals surface area (Å²) in [7, 11) is 0. The second-order valence-corrected chi connectivity index (χ2v) is 3.68. The maximum atomic E-state index is 8.63. The van der Waals surface area contributed by atoms with Crippen molar-refractivity contribution in [2.45, 2.75) is 13.0 Å². The van der Waals surface area contributed by atoms with Gasteiger partial charge in [-0.2, -0.15) is 5.26 Å². The molecule has 0 aliphatic carbocycles. The van der Waals surface area contributed by atoms with Gasteiger partial charge in [-0.25, -0.2) is 9.97 Å². The minimum atomic E-state index is 0.456. The van der Waals surface area contributed by atoms with Crippen LogP contribution in [-0.2, 0) is 0 Å². The van der Waals surface area contributed by atoms with E-state index in [0.717, 1.165) is 19.6 Å². The lowest BCUT2D eigenvalue weighted by atomic mass is 10.2. The van der Waals surface area contributed by atoms with E-state index in [1.165, 1.54) is 0 Å². The van der Waals surface area contributed by atoms with Gasteiger partial charge in [0.05, 0.1) is 18.0 Å². The quantitative estimate of drug-likeness (QED) is 0.703. The zero-order chi connectivity index (χ0) is 10.7. The topological polar surface area (TPSA) is 64.8 Å². The fraction of sp³-hybridized carbons (Fsp3) is 0.500. The van der Waals surface area contributed by atoms with Crippen LogP contribution >= 0.6 is 0 Å². The molecule has 1 aromatic heterocycles. The number of anilines is 1. The van der Waals surface area contributed by atoms with Crippen molar-refractivity contribution in [3.8, 4) is 6.07 Å². The van der Waals surface area contributed by atoms with Gasteiger partial charge in [0.15, 0.2) is 0 Å². The van der Waals surface area contributed by atoms with Gasteiger partial charge in [0.25, 0.3) is 0 Å². The third-order valence-electron chi connectivity index (χ3n) is 2.42. The normalized spacial score (nSPS) is 21.1. The van der Waals surface area contributed by atoms with Crippen molar-refractivity contribution in [3.05, 3.63) is 18.0 Å². The van der Waals surface area contributed by atoms with E-state index in [1.54, 1.807) is 12.4 Å². The first-order valence-electron chi connectivity index (χ1n) is 5.00. The highest BCUT2D eigenvalue weighted by atomic mass is 15.3. The first-order valence-corrected chi connectivity index (χ1v) is 5.00. The van der Waals surface area contributed by atoms with Gasteiger partial charge in [-0.3, -0.25) is 0 Å². The minimum absolute atomic E-state index is 0.456. The van der Waals surface area contributed by atoms with Crippen molar-refractivity contribution in [2.24, 2.45) is 0 Å². The van der Waals surface area contributed by atoms with E-state index in [-0.39, 0.29) is 0 Å². The standard InChI is InChI=1S/C10H13N5/c1-8-7-15(3-2-12-8)10-13-5-9(4-11)6-14-10/h5-6,8,12H,2-3,7H2,1H3/t8-/m0/s1. The Morgan fingerprint density at radius 2 is 2.27 bits per heavy atom. The van der Waals surface area contributed by atoms with Crippen molar-refractivity contribution < 1.29 is 0 Å². The average molecular weight is 203 g/mol. The predicted octanol–water partition coefficient (Wildman–Crippen LogP) is 0.146. The molecule has 2 rings (SSSR count). The molecule has 1 N–H and O–H groups in total. The van der Waals surface area contributed by atoms with Crippen molar-refractivity contribution in [1.82, 2.24) is 15.3 Å². The average Bonchev–Trinajstić information content (AvgIpc) is 2.29. The molecular formula is C10H13N5. The Morgan fingerprint density at radius 3 is 2.87 bits per heavy atom. The zero-order valence-electron chi connectivity index (χ0n) is 8.64. The summed E-state index contributed by atoms with van der Waals surface area (Å²) in [6, 6.07) is 2.47. The van der Waals surface area contributed by atoms with E-state index in [2.05, 4.69) is 27.1 Å². The highest BCUT2D eigenvalue weighted by Crippen LogP contribution is 2.09. The molecule has 0 unspecified atom stereocenters. The highest BCUT2D eigenvalue weighted by molar-refractivity contribution is 5.34. The van der Waals surface area contributed by atoms with Crippen molar-refractivity contribution in [2.75, 3.05) is 24.5 Å². The SMILES string of the molecule is C[C@H]1CN(c2ncc(C#N)cn2)CCN1. The van der Waals surface area contributed by atoms with Crippen LogP contribution in [0.5, 0.6) is 0 Å². The number of piperazine rings is 1. The Balaban J connectivity index is 2.12. The molecule has 5 nitrogen and oxygen atoms in total. The lowest BCUT2D eigenvalue weighted by molar-refractivity contribution is 0.479. The Hall–Kier alpha value is -1.67. The number of nitrogens with one attached hydrogen (secondary N) is 1. The fourth-order valence-electron chi connectivity index (χ4n) is 1.66. The second kappa shape index (κ2) is 4.24. The van der Waals surface area contributed by atoms with E-state index in [1.807, 2.05) is 6.07 Å². The van der Waals surface area contributed by atoms with Crippen molar-refractivity contribution >= 4 is 5.95 Å². The molecule has 0 saturated carbocycles. The number of hydrogen-bond acceptors (Lipinski definition) is 5. The van der Waals surface area contributed by atoms with Crippen LogP contribution in [-0.4, -0.2) is 35.6 Å². The molecule has 15 heavy (non-hydrogen) atoms. The van der Waals surface area contributed by atoms with Crippen molar-refractivity contribution in [1.29, 1.82) is 5.26 Å². The number of nitrogens with zero attached hydrogens (tertiary/aromatic N) is 4. The second-order valence-electron chi connectivity index (χ2n) is 3.68. The van der Waals surface area contributed by atoms with Gasteiger partial charge in [-0.05, 0) is 6.92 Å². The van der Waals surface area contributed by atoms with Crippen LogP contribution in [0.2, 0.25) is 0 Å². The molecule has 5 heteroatoms. The molecular weight excluding hydrogens is 190 g/mol. The van der Waals surface area contributed by atoms with Crippen LogP contribution in [0.25, 0.3) is 0 Å². The van der Waals surface area contributed by atoms with Crippen LogP contribution in [0.15, 0.2) is 12.4 Å². The number of aromatic nitrogens is 2. The Bertz CT molecular complexity index is 366. The number of nitriles is 1. The summed E-state index contributed by atoms with van der Waals surface area (Å²) in [6.45, 7) is 4.91. The Kier molecular flexibility index (Phi) is 2.79. The van der Waals surface area contributed by atoms with Crippen molar-refractivity contribution in [3.63, 3.8) is 0 Å². The minimum Gasteiger partial charge on any atom is -0.338 e. The molecule has 2 heterocycles. The summed E-state index contributed by atoms with van der Waals surface area (Å²) < 4.78 is 0. The van der Waals surface area contributed by atoms with E-state index < -0.39 is 0 Å². The summed E-state index contributed by atoms with van der Waals surface area (Å²) in [6.07, 6.45) is 3.13. The summed E-state index contributed by atoms with van der Waals surface area (Å²) in [5.41, 5.74) is 0.502. The third kappa shape index (κ3) is 2.22. The zero-order valence-corrected chi connectivity index (χ0v) is 8.64. The number of rotatable bonds is 1. The summed E-state index contributed by atoms with van der Waals surface area (Å²) in [4.78, 5) is 10.5. The lowest BCUT2D eigenvalue weighted by Crippen LogP contribution is -2.49. The first kappa shape index (κ1) is 9.87. The van der Waals surface area contributed by atoms with Crippen LogP contribution in [0.1, 0.15) is 12.5 Å². The van der Waals surface area contributed by atoms with Crippen LogP contribution < -0.4 is 10.2 Å². The van der Waals surface area contributed by atoms with Crippen LogP contribution in [0.4, 0.5) is 5.95 Å². The molecule has 0 aromatic carbocycles. The van der Waals surface area contributed by atoms with E-state index >= 15 is 0 Å². The molecule has 1 aliphatic heterocycles. The molecule has 0 spiro atoms. The molecule has 1 atom stereocenters. The highest BCUT2D eigenvalue weighted by Gasteiger charge is 2.17. The number of hydrogen-bond donors (Lipinski definition) is 1. The van der Waals surface area contributed by atoms with E-state index in [9.17, 15) is 0 Å². The fourth-order valence-corrected chi connectivity index (χ4v) is 1.66. The molecule has 1 fully saturated rings. The third-order valence-corrected chi connectivity index (χ3v) is 2.42. The Morgan fingerprint density at radius 1 is 1.53 bits per heavy atom. The maximum Gasteiger partial charge on any atom is 0.225 e. The largest absolute Gasteiger partial charge is 0.338 e. The monoisotopic (exact) mass is 203 g/mol.